The number of ether oxygens (including phenoxy) is 1. The topological polar surface area (TPSA) is 95.9 Å². The van der Waals surface area contributed by atoms with E-state index >= 15 is 0 Å². The van der Waals surface area contributed by atoms with Gasteiger partial charge < -0.3 is 20.3 Å². The summed E-state index contributed by atoms with van der Waals surface area (Å²) in [5, 5.41) is 23.6. The van der Waals surface area contributed by atoms with Crippen LogP contribution in [0.15, 0.2) is 66.7 Å². The van der Waals surface area contributed by atoms with E-state index in [1.54, 1.807) is 18.2 Å². The van der Waals surface area contributed by atoms with Gasteiger partial charge in [-0.1, -0.05) is 66.7 Å². The van der Waals surface area contributed by atoms with Gasteiger partial charge in [-0.25, -0.2) is 4.79 Å². The Hall–Kier alpha value is -3.48. The van der Waals surface area contributed by atoms with Crippen molar-refractivity contribution in [2.24, 2.45) is 0 Å². The van der Waals surface area contributed by atoms with E-state index in [9.17, 15) is 19.8 Å². The monoisotopic (exact) mass is 443 g/mol. The SMILES string of the molecule is O=C(NCC(O)C(O)c1cccc2c1CCC2=O)OCC1c2ccccc2-c2ccccc21. The highest BCUT2D eigenvalue weighted by atomic mass is 16.5. The van der Waals surface area contributed by atoms with Gasteiger partial charge in [0.2, 0.25) is 0 Å². The fraction of sp³-hybridized carbons (Fsp3) is 0.259. The Balaban J connectivity index is 1.19. The standard InChI is InChI=1S/C27H25NO5/c29-24-13-12-20-21(24)10-5-11-22(20)26(31)25(30)14-28-27(32)33-15-23-18-8-3-1-6-16(18)17-7-2-4-9-19(17)23/h1-11,23,25-26,30-31H,12-15H2,(H,28,32). The van der Waals surface area contributed by atoms with Gasteiger partial charge in [0.1, 0.15) is 18.8 Å². The van der Waals surface area contributed by atoms with Crippen LogP contribution < -0.4 is 5.32 Å². The summed E-state index contributed by atoms with van der Waals surface area (Å²) in [5.41, 5.74) is 6.44. The lowest BCUT2D eigenvalue weighted by molar-refractivity contribution is 0.0181. The first-order valence-electron chi connectivity index (χ1n) is 11.1. The fourth-order valence-corrected chi connectivity index (χ4v) is 4.95. The smallest absolute Gasteiger partial charge is 0.407 e. The molecule has 3 aromatic carbocycles. The molecule has 5 rings (SSSR count). The van der Waals surface area contributed by atoms with Crippen molar-refractivity contribution in [3.8, 4) is 11.1 Å². The number of hydrogen-bond donors (Lipinski definition) is 3. The predicted molar refractivity (Wildman–Crippen MR) is 123 cm³/mol. The Bertz CT molecular complexity index is 1180. The van der Waals surface area contributed by atoms with Gasteiger partial charge in [0.15, 0.2) is 5.78 Å². The fourth-order valence-electron chi connectivity index (χ4n) is 4.95. The average molecular weight is 443 g/mol. The van der Waals surface area contributed by atoms with Crippen molar-refractivity contribution in [3.63, 3.8) is 0 Å². The Morgan fingerprint density at radius 1 is 0.909 bits per heavy atom. The molecule has 0 fully saturated rings. The lowest BCUT2D eigenvalue weighted by atomic mass is 9.96. The summed E-state index contributed by atoms with van der Waals surface area (Å²) < 4.78 is 5.48. The third-order valence-electron chi connectivity index (χ3n) is 6.60. The minimum Gasteiger partial charge on any atom is -0.449 e. The van der Waals surface area contributed by atoms with Gasteiger partial charge in [0.25, 0.3) is 0 Å². The highest BCUT2D eigenvalue weighted by Gasteiger charge is 2.30. The van der Waals surface area contributed by atoms with Crippen molar-refractivity contribution >= 4 is 11.9 Å². The molecule has 6 nitrogen and oxygen atoms in total. The summed E-state index contributed by atoms with van der Waals surface area (Å²) in [4.78, 5) is 24.3. The number of alkyl carbamates (subject to hydrolysis) is 1. The number of Topliss-reactive ketones (excluding diaryl/α,β-unsaturated/α-hetero) is 1. The molecular formula is C27H25NO5. The number of rotatable bonds is 6. The van der Waals surface area contributed by atoms with Crippen LogP contribution >= 0.6 is 0 Å². The summed E-state index contributed by atoms with van der Waals surface area (Å²) in [5.74, 6) is -0.00610. The molecule has 3 aromatic rings. The summed E-state index contributed by atoms with van der Waals surface area (Å²) in [6.07, 6.45) is -2.13. The van der Waals surface area contributed by atoms with Crippen molar-refractivity contribution in [2.75, 3.05) is 13.2 Å². The van der Waals surface area contributed by atoms with E-state index in [-0.39, 0.29) is 24.9 Å². The van der Waals surface area contributed by atoms with Gasteiger partial charge in [0, 0.05) is 24.4 Å². The zero-order chi connectivity index (χ0) is 22.9. The van der Waals surface area contributed by atoms with Gasteiger partial charge in [-0.2, -0.15) is 0 Å². The number of aliphatic hydroxyl groups is 2. The van der Waals surface area contributed by atoms with Crippen LogP contribution in [0.5, 0.6) is 0 Å². The minimum absolute atomic E-state index is 0.0466. The Labute approximate surface area is 191 Å². The summed E-state index contributed by atoms with van der Waals surface area (Å²) in [6, 6.07) is 21.3. The number of benzene rings is 3. The van der Waals surface area contributed by atoms with Crippen LogP contribution in [0, 0.1) is 0 Å². The molecule has 1 amide bonds. The lowest BCUT2D eigenvalue weighted by Crippen LogP contribution is -2.36. The largest absolute Gasteiger partial charge is 0.449 e. The Kier molecular flexibility index (Phi) is 5.70. The molecule has 33 heavy (non-hydrogen) atoms. The van der Waals surface area contributed by atoms with Crippen molar-refractivity contribution < 1.29 is 24.5 Å². The molecule has 0 aromatic heterocycles. The van der Waals surface area contributed by atoms with E-state index in [4.69, 9.17) is 4.74 Å². The number of carbonyl (C=O) groups is 2. The zero-order valence-electron chi connectivity index (χ0n) is 18.0. The number of ketones is 1. The molecule has 0 spiro atoms. The highest BCUT2D eigenvalue weighted by Crippen LogP contribution is 2.44. The average Bonchev–Trinajstić information content (AvgIpc) is 3.38. The molecule has 0 saturated carbocycles. The number of nitrogens with one attached hydrogen (secondary N) is 1. The van der Waals surface area contributed by atoms with Gasteiger partial charge in [-0.05, 0) is 39.8 Å². The maximum Gasteiger partial charge on any atom is 0.407 e. The van der Waals surface area contributed by atoms with E-state index in [1.165, 1.54) is 0 Å². The third-order valence-corrected chi connectivity index (χ3v) is 6.60. The number of aliphatic hydroxyl groups excluding tert-OH is 2. The maximum absolute atomic E-state index is 12.3. The second-order valence-corrected chi connectivity index (χ2v) is 8.52. The van der Waals surface area contributed by atoms with E-state index in [1.807, 2.05) is 36.4 Å². The van der Waals surface area contributed by atoms with Crippen LogP contribution in [-0.4, -0.2) is 41.3 Å². The van der Waals surface area contributed by atoms with Gasteiger partial charge in [-0.3, -0.25) is 4.79 Å². The quantitative estimate of drug-likeness (QED) is 0.539. The van der Waals surface area contributed by atoms with E-state index < -0.39 is 18.3 Å². The molecule has 2 unspecified atom stereocenters. The van der Waals surface area contributed by atoms with Crippen molar-refractivity contribution in [1.82, 2.24) is 5.32 Å². The Morgan fingerprint density at radius 2 is 1.55 bits per heavy atom. The van der Waals surface area contributed by atoms with Crippen LogP contribution in [0.4, 0.5) is 4.79 Å². The van der Waals surface area contributed by atoms with Crippen molar-refractivity contribution in [3.05, 3.63) is 94.5 Å². The number of carbonyl (C=O) groups excluding carboxylic acids is 2. The number of fused-ring (bicyclic) bond motifs is 4. The molecule has 2 aliphatic rings. The van der Waals surface area contributed by atoms with E-state index in [0.29, 0.717) is 24.0 Å². The first-order valence-corrected chi connectivity index (χ1v) is 11.1. The molecular weight excluding hydrogens is 418 g/mol. The first kappa shape index (κ1) is 21.4. The molecule has 6 heteroatoms. The van der Waals surface area contributed by atoms with Gasteiger partial charge in [0.05, 0.1) is 0 Å². The van der Waals surface area contributed by atoms with Gasteiger partial charge in [-0.15, -0.1) is 0 Å². The van der Waals surface area contributed by atoms with E-state index in [0.717, 1.165) is 27.8 Å². The molecule has 0 aliphatic heterocycles. The summed E-state index contributed by atoms with van der Waals surface area (Å²) in [6.45, 7) is 0.00225. The van der Waals surface area contributed by atoms with Gasteiger partial charge >= 0.3 is 6.09 Å². The predicted octanol–water partition coefficient (Wildman–Crippen LogP) is 3.75. The molecule has 0 saturated heterocycles. The molecule has 3 N–H and O–H groups in total. The lowest BCUT2D eigenvalue weighted by Gasteiger charge is -2.21. The highest BCUT2D eigenvalue weighted by molar-refractivity contribution is 6.00. The number of amides is 1. The van der Waals surface area contributed by atoms with Crippen LogP contribution in [0.1, 0.15) is 51.1 Å². The summed E-state index contributed by atoms with van der Waals surface area (Å²) in [7, 11) is 0. The first-order chi connectivity index (χ1) is 16.0. The summed E-state index contributed by atoms with van der Waals surface area (Å²) >= 11 is 0. The van der Waals surface area contributed by atoms with Crippen LogP contribution in [0.3, 0.4) is 0 Å². The molecule has 2 aliphatic carbocycles. The molecule has 0 radical (unpaired) electrons. The van der Waals surface area contributed by atoms with E-state index in [2.05, 4.69) is 17.4 Å². The maximum atomic E-state index is 12.3. The normalized spacial score (nSPS) is 16.0. The molecule has 0 heterocycles. The van der Waals surface area contributed by atoms with Crippen molar-refractivity contribution in [2.45, 2.75) is 31.0 Å². The third kappa shape index (κ3) is 3.92. The van der Waals surface area contributed by atoms with Crippen LogP contribution in [-0.2, 0) is 11.2 Å². The molecule has 0 bridgehead atoms. The Morgan fingerprint density at radius 3 is 2.24 bits per heavy atom. The minimum atomic E-state index is -1.23. The van der Waals surface area contributed by atoms with Crippen LogP contribution in [0.25, 0.3) is 11.1 Å². The second-order valence-electron chi connectivity index (χ2n) is 8.52. The van der Waals surface area contributed by atoms with Crippen LogP contribution in [0.2, 0.25) is 0 Å². The second kappa shape index (κ2) is 8.81. The molecule has 2 atom stereocenters. The molecule has 168 valence electrons. The zero-order valence-corrected chi connectivity index (χ0v) is 18.0. The van der Waals surface area contributed by atoms with Crippen molar-refractivity contribution in [1.29, 1.82) is 0 Å². The number of hydrogen-bond acceptors (Lipinski definition) is 5.